The molecular formula is C19H16FN7. The summed E-state index contributed by atoms with van der Waals surface area (Å²) in [6.07, 6.45) is 7.37. The maximum absolute atomic E-state index is 14.2. The molecule has 0 aromatic carbocycles. The summed E-state index contributed by atoms with van der Waals surface area (Å²) in [6, 6.07) is 8.54. The lowest BCUT2D eigenvalue weighted by atomic mass is 9.66. The molecule has 0 aliphatic heterocycles. The van der Waals surface area contributed by atoms with Gasteiger partial charge in [0, 0.05) is 18.2 Å². The molecule has 0 saturated heterocycles. The standard InChI is InChI=1S/C19H16FN7/c20-14-3-1-8-23-18(14)19(6-2-7-19)12-24-17-5-4-15(26-27-17)16-11-22-10-13(9-21)25-16/h1,3-5,8,10-11H,2,6-7,12H2,(H,24,27). The van der Waals surface area contributed by atoms with E-state index in [4.69, 9.17) is 5.26 Å². The Morgan fingerprint density at radius 2 is 2.04 bits per heavy atom. The van der Waals surface area contributed by atoms with Gasteiger partial charge in [0.2, 0.25) is 0 Å². The summed E-state index contributed by atoms with van der Waals surface area (Å²) in [6.45, 7) is 0.540. The van der Waals surface area contributed by atoms with Crippen molar-refractivity contribution in [3.8, 4) is 17.5 Å². The molecular weight excluding hydrogens is 345 g/mol. The van der Waals surface area contributed by atoms with E-state index in [2.05, 4.69) is 30.5 Å². The second kappa shape index (κ2) is 7.03. The molecule has 1 saturated carbocycles. The molecule has 1 aliphatic rings. The molecule has 8 heteroatoms. The van der Waals surface area contributed by atoms with E-state index in [-0.39, 0.29) is 16.9 Å². The molecule has 0 bridgehead atoms. The molecule has 27 heavy (non-hydrogen) atoms. The molecule has 3 aromatic heterocycles. The van der Waals surface area contributed by atoms with E-state index in [1.54, 1.807) is 24.4 Å². The highest BCUT2D eigenvalue weighted by molar-refractivity contribution is 5.54. The number of nitrogens with zero attached hydrogens (tertiary/aromatic N) is 6. The summed E-state index contributed by atoms with van der Waals surface area (Å²) in [5.74, 6) is 0.321. The highest BCUT2D eigenvalue weighted by atomic mass is 19.1. The van der Waals surface area contributed by atoms with Crippen LogP contribution in [0.5, 0.6) is 0 Å². The smallest absolute Gasteiger partial charge is 0.159 e. The minimum atomic E-state index is -0.307. The minimum Gasteiger partial charge on any atom is -0.368 e. The lowest BCUT2D eigenvalue weighted by Crippen LogP contribution is -2.42. The van der Waals surface area contributed by atoms with Crippen LogP contribution in [-0.4, -0.2) is 31.7 Å². The summed E-state index contributed by atoms with van der Waals surface area (Å²) in [5, 5.41) is 20.5. The molecule has 0 atom stereocenters. The van der Waals surface area contributed by atoms with Crippen LogP contribution in [0.4, 0.5) is 10.2 Å². The third-order valence-corrected chi connectivity index (χ3v) is 4.86. The van der Waals surface area contributed by atoms with Crippen LogP contribution < -0.4 is 5.32 Å². The van der Waals surface area contributed by atoms with Crippen molar-refractivity contribution >= 4 is 5.82 Å². The van der Waals surface area contributed by atoms with E-state index in [0.717, 1.165) is 19.3 Å². The van der Waals surface area contributed by atoms with Crippen LogP contribution >= 0.6 is 0 Å². The van der Waals surface area contributed by atoms with E-state index in [9.17, 15) is 4.39 Å². The van der Waals surface area contributed by atoms with Crippen molar-refractivity contribution in [3.63, 3.8) is 0 Å². The van der Waals surface area contributed by atoms with Crippen molar-refractivity contribution in [2.75, 3.05) is 11.9 Å². The fourth-order valence-corrected chi connectivity index (χ4v) is 3.24. The number of hydrogen-bond donors (Lipinski definition) is 1. The Balaban J connectivity index is 1.49. The summed E-state index contributed by atoms with van der Waals surface area (Å²) in [4.78, 5) is 12.4. The Morgan fingerprint density at radius 3 is 2.70 bits per heavy atom. The molecule has 134 valence electrons. The molecule has 1 aliphatic carbocycles. The molecule has 3 heterocycles. The summed E-state index contributed by atoms with van der Waals surface area (Å²) >= 11 is 0. The first kappa shape index (κ1) is 17.0. The van der Waals surface area contributed by atoms with Gasteiger partial charge in [0.1, 0.15) is 29.1 Å². The van der Waals surface area contributed by atoms with Crippen LogP contribution in [0, 0.1) is 17.1 Å². The largest absolute Gasteiger partial charge is 0.368 e. The van der Waals surface area contributed by atoms with Gasteiger partial charge < -0.3 is 5.32 Å². The van der Waals surface area contributed by atoms with Gasteiger partial charge in [-0.2, -0.15) is 5.26 Å². The maximum Gasteiger partial charge on any atom is 0.159 e. The fraction of sp³-hybridized carbons (Fsp3) is 0.263. The van der Waals surface area contributed by atoms with Crippen molar-refractivity contribution in [2.24, 2.45) is 0 Å². The van der Waals surface area contributed by atoms with Gasteiger partial charge in [-0.25, -0.2) is 9.37 Å². The van der Waals surface area contributed by atoms with Crippen LogP contribution in [-0.2, 0) is 5.41 Å². The predicted molar refractivity (Wildman–Crippen MR) is 96.0 cm³/mol. The van der Waals surface area contributed by atoms with E-state index < -0.39 is 0 Å². The van der Waals surface area contributed by atoms with Gasteiger partial charge in [0.05, 0.1) is 18.1 Å². The van der Waals surface area contributed by atoms with Crippen molar-refractivity contribution in [1.82, 2.24) is 25.1 Å². The van der Waals surface area contributed by atoms with Crippen molar-refractivity contribution in [2.45, 2.75) is 24.7 Å². The molecule has 0 radical (unpaired) electrons. The van der Waals surface area contributed by atoms with E-state index in [1.165, 1.54) is 18.5 Å². The number of rotatable bonds is 5. The topological polar surface area (TPSA) is 100 Å². The molecule has 0 spiro atoms. The van der Waals surface area contributed by atoms with Gasteiger partial charge in [-0.05, 0) is 37.1 Å². The van der Waals surface area contributed by atoms with Gasteiger partial charge in [0.15, 0.2) is 5.69 Å². The summed E-state index contributed by atoms with van der Waals surface area (Å²) in [7, 11) is 0. The first-order valence-corrected chi connectivity index (χ1v) is 8.61. The zero-order valence-corrected chi connectivity index (χ0v) is 14.4. The zero-order chi connectivity index (χ0) is 18.7. The highest BCUT2D eigenvalue weighted by Gasteiger charge is 2.41. The second-order valence-electron chi connectivity index (χ2n) is 6.53. The first-order chi connectivity index (χ1) is 13.2. The molecule has 1 fully saturated rings. The van der Waals surface area contributed by atoms with Gasteiger partial charge in [-0.3, -0.25) is 9.97 Å². The Labute approximate surface area is 155 Å². The summed E-state index contributed by atoms with van der Waals surface area (Å²) < 4.78 is 14.2. The van der Waals surface area contributed by atoms with Crippen LogP contribution in [0.1, 0.15) is 30.7 Å². The van der Waals surface area contributed by atoms with Crippen LogP contribution in [0.15, 0.2) is 42.9 Å². The van der Waals surface area contributed by atoms with Crippen LogP contribution in [0.3, 0.4) is 0 Å². The van der Waals surface area contributed by atoms with E-state index in [1.807, 2.05) is 6.07 Å². The SMILES string of the molecule is N#Cc1cncc(-c2ccc(NCC3(c4ncccc4F)CCC3)nn2)n1. The fourth-order valence-electron chi connectivity index (χ4n) is 3.24. The Hall–Kier alpha value is -3.47. The van der Waals surface area contributed by atoms with Gasteiger partial charge in [-0.1, -0.05) is 6.42 Å². The summed E-state index contributed by atoms with van der Waals surface area (Å²) in [5.41, 5.74) is 1.44. The van der Waals surface area contributed by atoms with E-state index >= 15 is 0 Å². The quantitative estimate of drug-likeness (QED) is 0.746. The normalized spacial score (nSPS) is 14.8. The highest BCUT2D eigenvalue weighted by Crippen LogP contribution is 2.43. The third kappa shape index (κ3) is 3.31. The first-order valence-electron chi connectivity index (χ1n) is 8.61. The maximum atomic E-state index is 14.2. The van der Waals surface area contributed by atoms with Gasteiger partial charge >= 0.3 is 0 Å². The average molecular weight is 361 g/mol. The van der Waals surface area contributed by atoms with Crippen LogP contribution in [0.25, 0.3) is 11.4 Å². The number of anilines is 1. The monoisotopic (exact) mass is 361 g/mol. The number of nitrogens with one attached hydrogen (secondary N) is 1. The van der Waals surface area contributed by atoms with Crippen LogP contribution in [0.2, 0.25) is 0 Å². The Bertz CT molecular complexity index is 993. The molecule has 0 unspecified atom stereocenters. The number of halogens is 1. The predicted octanol–water partition coefficient (Wildman–Crippen LogP) is 2.87. The van der Waals surface area contributed by atoms with Gasteiger partial charge in [0.25, 0.3) is 0 Å². The third-order valence-electron chi connectivity index (χ3n) is 4.86. The lowest BCUT2D eigenvalue weighted by molar-refractivity contribution is 0.243. The van der Waals surface area contributed by atoms with Crippen molar-refractivity contribution in [3.05, 3.63) is 60.1 Å². The number of aromatic nitrogens is 5. The molecule has 1 N–H and O–H groups in total. The second-order valence-corrected chi connectivity index (χ2v) is 6.53. The Kier molecular flexibility index (Phi) is 4.42. The van der Waals surface area contributed by atoms with Gasteiger partial charge in [-0.15, -0.1) is 10.2 Å². The number of pyridine rings is 1. The average Bonchev–Trinajstić information content (AvgIpc) is 2.69. The Morgan fingerprint density at radius 1 is 1.15 bits per heavy atom. The van der Waals surface area contributed by atoms with Crippen molar-refractivity contribution in [1.29, 1.82) is 5.26 Å². The van der Waals surface area contributed by atoms with Crippen molar-refractivity contribution < 1.29 is 4.39 Å². The molecule has 4 rings (SSSR count). The zero-order valence-electron chi connectivity index (χ0n) is 14.4. The lowest BCUT2D eigenvalue weighted by Gasteiger charge is -2.41. The number of hydrogen-bond acceptors (Lipinski definition) is 7. The minimum absolute atomic E-state index is 0.223. The number of nitriles is 1. The molecule has 3 aromatic rings. The molecule has 7 nitrogen and oxygen atoms in total. The van der Waals surface area contributed by atoms with E-state index in [0.29, 0.717) is 29.4 Å². The molecule has 0 amide bonds.